The van der Waals surface area contributed by atoms with Crippen molar-refractivity contribution in [3.8, 4) is 5.75 Å². The van der Waals surface area contributed by atoms with Crippen LogP contribution in [-0.4, -0.2) is 29.1 Å². The summed E-state index contributed by atoms with van der Waals surface area (Å²) in [5.74, 6) is -1.83. The number of hydrogen-bond acceptors (Lipinski definition) is 5. The number of carbonyl (C=O) groups is 2. The fraction of sp³-hybridized carbons (Fsp3) is 0.0800. The molecule has 190 valence electrons. The Labute approximate surface area is 223 Å². The highest BCUT2D eigenvalue weighted by atomic mass is 35.5. The minimum absolute atomic E-state index is 0.106. The first kappa shape index (κ1) is 26.6. The molecule has 1 N–H and O–H groups in total. The summed E-state index contributed by atoms with van der Waals surface area (Å²) in [5.41, 5.74) is 1.09. The van der Waals surface area contributed by atoms with Crippen molar-refractivity contribution in [2.45, 2.75) is 6.36 Å². The summed E-state index contributed by atoms with van der Waals surface area (Å²) < 4.78 is 42.0. The number of para-hydroxylation sites is 3. The van der Waals surface area contributed by atoms with Gasteiger partial charge in [-0.3, -0.25) is 14.5 Å². The molecule has 0 atom stereocenters. The Kier molecular flexibility index (Phi) is 8.11. The summed E-state index contributed by atoms with van der Waals surface area (Å²) in [6, 6.07) is 18.7. The van der Waals surface area contributed by atoms with E-state index in [2.05, 4.69) is 15.0 Å². The zero-order chi connectivity index (χ0) is 26.6. The molecule has 2 amide bonds. The maximum absolute atomic E-state index is 13.2. The van der Waals surface area contributed by atoms with Gasteiger partial charge >= 0.3 is 6.36 Å². The number of thioether (sulfide) groups is 1. The molecular formula is C25H16Cl2F3N3O3S. The molecule has 37 heavy (non-hydrogen) atoms. The van der Waals surface area contributed by atoms with Crippen LogP contribution in [0.25, 0.3) is 6.08 Å². The lowest BCUT2D eigenvalue weighted by atomic mass is 10.2. The molecule has 1 heterocycles. The second-order valence-electron chi connectivity index (χ2n) is 7.45. The van der Waals surface area contributed by atoms with Crippen molar-refractivity contribution in [3.05, 3.63) is 94.1 Å². The predicted molar refractivity (Wildman–Crippen MR) is 140 cm³/mol. The summed E-state index contributed by atoms with van der Waals surface area (Å²) in [5, 5.41) is 3.29. The van der Waals surface area contributed by atoms with Crippen LogP contribution >= 0.6 is 35.0 Å². The van der Waals surface area contributed by atoms with Crippen LogP contribution in [0.4, 0.5) is 24.5 Å². The SMILES string of the molecule is O=C(CSC1=N/C(=C/c2ccc(Cl)c(Cl)c2)C(=O)N1c1ccccc1)Nc1ccccc1OC(F)(F)F. The molecule has 4 rings (SSSR count). The van der Waals surface area contributed by atoms with E-state index in [4.69, 9.17) is 23.2 Å². The van der Waals surface area contributed by atoms with E-state index in [1.165, 1.54) is 23.1 Å². The van der Waals surface area contributed by atoms with Gasteiger partial charge in [-0.25, -0.2) is 4.99 Å². The van der Waals surface area contributed by atoms with E-state index in [0.29, 0.717) is 21.3 Å². The molecule has 0 fully saturated rings. The number of nitrogens with zero attached hydrogens (tertiary/aromatic N) is 2. The van der Waals surface area contributed by atoms with Gasteiger partial charge in [-0.15, -0.1) is 13.2 Å². The zero-order valence-corrected chi connectivity index (χ0v) is 21.0. The molecule has 0 spiro atoms. The third-order valence-corrected chi connectivity index (χ3v) is 6.49. The number of aliphatic imine (C=N–C) groups is 1. The molecule has 0 aromatic heterocycles. The van der Waals surface area contributed by atoms with Crippen molar-refractivity contribution < 1.29 is 27.5 Å². The van der Waals surface area contributed by atoms with E-state index < -0.39 is 23.9 Å². The number of nitrogens with one attached hydrogen (secondary N) is 1. The fourth-order valence-corrected chi connectivity index (χ4v) is 4.38. The van der Waals surface area contributed by atoms with Gasteiger partial charge < -0.3 is 10.1 Å². The van der Waals surface area contributed by atoms with Gasteiger partial charge in [-0.1, -0.05) is 71.4 Å². The third-order valence-electron chi connectivity index (χ3n) is 4.81. The van der Waals surface area contributed by atoms with Crippen LogP contribution in [0, 0.1) is 0 Å². The van der Waals surface area contributed by atoms with Crippen molar-refractivity contribution in [1.82, 2.24) is 0 Å². The fourth-order valence-electron chi connectivity index (χ4n) is 3.26. The van der Waals surface area contributed by atoms with Gasteiger partial charge in [0.15, 0.2) is 10.9 Å². The highest BCUT2D eigenvalue weighted by Crippen LogP contribution is 2.32. The number of amidine groups is 1. The van der Waals surface area contributed by atoms with Crippen LogP contribution in [0.15, 0.2) is 83.5 Å². The van der Waals surface area contributed by atoms with Gasteiger partial charge in [-0.2, -0.15) is 0 Å². The molecule has 0 aliphatic carbocycles. The van der Waals surface area contributed by atoms with E-state index in [1.54, 1.807) is 54.6 Å². The topological polar surface area (TPSA) is 71.0 Å². The monoisotopic (exact) mass is 565 g/mol. The largest absolute Gasteiger partial charge is 0.573 e. The molecule has 3 aromatic carbocycles. The highest BCUT2D eigenvalue weighted by molar-refractivity contribution is 8.14. The van der Waals surface area contributed by atoms with Crippen LogP contribution in [0.2, 0.25) is 10.0 Å². The van der Waals surface area contributed by atoms with Crippen molar-refractivity contribution in [3.63, 3.8) is 0 Å². The first-order valence-corrected chi connectivity index (χ1v) is 12.3. The van der Waals surface area contributed by atoms with E-state index in [9.17, 15) is 22.8 Å². The van der Waals surface area contributed by atoms with E-state index in [-0.39, 0.29) is 22.3 Å². The zero-order valence-electron chi connectivity index (χ0n) is 18.6. The molecule has 1 aliphatic heterocycles. The Morgan fingerprint density at radius 3 is 2.43 bits per heavy atom. The summed E-state index contributed by atoms with van der Waals surface area (Å²) >= 11 is 13.0. The number of carbonyl (C=O) groups excluding carboxylic acids is 2. The van der Waals surface area contributed by atoms with Crippen LogP contribution in [0.3, 0.4) is 0 Å². The Morgan fingerprint density at radius 2 is 1.73 bits per heavy atom. The minimum Gasteiger partial charge on any atom is -0.404 e. The molecule has 12 heteroatoms. The number of halogens is 5. The van der Waals surface area contributed by atoms with E-state index in [1.807, 2.05) is 0 Å². The second-order valence-corrected chi connectivity index (χ2v) is 9.21. The maximum atomic E-state index is 13.2. The molecule has 0 saturated carbocycles. The number of rotatable bonds is 6. The first-order chi connectivity index (χ1) is 17.6. The quantitative estimate of drug-likeness (QED) is 0.326. The van der Waals surface area contributed by atoms with Gasteiger partial charge in [0.25, 0.3) is 5.91 Å². The molecular weight excluding hydrogens is 550 g/mol. The standard InChI is InChI=1S/C25H16Cl2F3N3O3S/c26-17-11-10-15(12-18(17)27)13-20-23(35)33(16-6-2-1-3-7-16)24(32-20)37-14-22(34)31-19-8-4-5-9-21(19)36-25(28,29)30/h1-13H,14H2,(H,31,34)/b20-13+. The smallest absolute Gasteiger partial charge is 0.404 e. The average molecular weight is 566 g/mol. The third kappa shape index (κ3) is 6.85. The van der Waals surface area contributed by atoms with Gasteiger partial charge in [0.1, 0.15) is 5.70 Å². The molecule has 0 saturated heterocycles. The molecule has 6 nitrogen and oxygen atoms in total. The number of ether oxygens (including phenoxy) is 1. The summed E-state index contributed by atoms with van der Waals surface area (Å²) in [7, 11) is 0. The predicted octanol–water partition coefficient (Wildman–Crippen LogP) is 7.01. The molecule has 0 unspecified atom stereocenters. The van der Waals surface area contributed by atoms with Gasteiger partial charge in [0.2, 0.25) is 5.91 Å². The molecule has 0 radical (unpaired) electrons. The highest BCUT2D eigenvalue weighted by Gasteiger charge is 2.33. The second kappa shape index (κ2) is 11.3. The van der Waals surface area contributed by atoms with Crippen LogP contribution in [0.5, 0.6) is 5.75 Å². The average Bonchev–Trinajstić information content (AvgIpc) is 3.16. The van der Waals surface area contributed by atoms with Crippen molar-refractivity contribution in [2.75, 3.05) is 16.0 Å². The van der Waals surface area contributed by atoms with Gasteiger partial charge in [0.05, 0.1) is 27.2 Å². The van der Waals surface area contributed by atoms with Crippen LogP contribution in [-0.2, 0) is 9.59 Å². The molecule has 0 bridgehead atoms. The first-order valence-electron chi connectivity index (χ1n) is 10.5. The lowest BCUT2D eigenvalue weighted by Gasteiger charge is -2.18. The van der Waals surface area contributed by atoms with Crippen molar-refractivity contribution in [2.24, 2.45) is 4.99 Å². The molecule has 3 aromatic rings. The minimum atomic E-state index is -4.91. The number of anilines is 2. The van der Waals surface area contributed by atoms with Crippen LogP contribution < -0.4 is 15.0 Å². The Hall–Kier alpha value is -3.47. The number of benzene rings is 3. The summed E-state index contributed by atoms with van der Waals surface area (Å²) in [6.07, 6.45) is -3.37. The van der Waals surface area contributed by atoms with E-state index in [0.717, 1.165) is 17.8 Å². The normalized spacial score (nSPS) is 14.6. The Bertz CT molecular complexity index is 1400. The Balaban J connectivity index is 1.55. The van der Waals surface area contributed by atoms with Gasteiger partial charge in [0, 0.05) is 0 Å². The lowest BCUT2D eigenvalue weighted by Crippen LogP contribution is -2.31. The lowest BCUT2D eigenvalue weighted by molar-refractivity contribution is -0.274. The molecule has 1 aliphatic rings. The maximum Gasteiger partial charge on any atom is 0.573 e. The Morgan fingerprint density at radius 1 is 1.03 bits per heavy atom. The van der Waals surface area contributed by atoms with Crippen molar-refractivity contribution in [1.29, 1.82) is 0 Å². The summed E-state index contributed by atoms with van der Waals surface area (Å²) in [6.45, 7) is 0. The number of amides is 2. The van der Waals surface area contributed by atoms with Crippen molar-refractivity contribution >= 4 is 69.4 Å². The summed E-state index contributed by atoms with van der Waals surface area (Å²) in [4.78, 5) is 31.6. The van der Waals surface area contributed by atoms with Crippen LogP contribution in [0.1, 0.15) is 5.56 Å². The van der Waals surface area contributed by atoms with E-state index >= 15 is 0 Å². The van der Waals surface area contributed by atoms with Gasteiger partial charge in [-0.05, 0) is 48.0 Å². The number of alkyl halides is 3. The number of hydrogen-bond donors (Lipinski definition) is 1.